The number of aromatic nitrogens is 1. The fourth-order valence-electron chi connectivity index (χ4n) is 1.67. The summed E-state index contributed by atoms with van der Waals surface area (Å²) in [4.78, 5) is 14.8. The molecule has 1 heterocycles. The van der Waals surface area contributed by atoms with Crippen molar-refractivity contribution in [2.24, 2.45) is 0 Å². The first kappa shape index (κ1) is 12.8. The summed E-state index contributed by atoms with van der Waals surface area (Å²) >= 11 is 0. The smallest absolute Gasteiger partial charge is 0.314 e. The Morgan fingerprint density at radius 2 is 2.00 bits per heavy atom. The van der Waals surface area contributed by atoms with Gasteiger partial charge >= 0.3 is 5.69 Å². The van der Waals surface area contributed by atoms with E-state index in [0.29, 0.717) is 17.3 Å². The molecule has 19 heavy (non-hydrogen) atoms. The zero-order valence-electron chi connectivity index (χ0n) is 10.6. The minimum absolute atomic E-state index is 0.0424. The zero-order chi connectivity index (χ0) is 13.8. The van der Waals surface area contributed by atoms with Gasteiger partial charge in [0.05, 0.1) is 4.92 Å². The summed E-state index contributed by atoms with van der Waals surface area (Å²) in [7, 11) is 1.74. The Morgan fingerprint density at radius 1 is 1.26 bits per heavy atom. The van der Waals surface area contributed by atoms with Crippen molar-refractivity contribution in [2.75, 3.05) is 12.4 Å². The van der Waals surface area contributed by atoms with Crippen molar-refractivity contribution in [3.05, 3.63) is 52.1 Å². The number of hydrogen-bond donors (Lipinski definition) is 1. The third kappa shape index (κ3) is 2.79. The van der Waals surface area contributed by atoms with Gasteiger partial charge in [-0.05, 0) is 19.1 Å². The molecule has 0 amide bonds. The van der Waals surface area contributed by atoms with Gasteiger partial charge in [-0.1, -0.05) is 18.2 Å². The number of nitrogens with one attached hydrogen (secondary N) is 1. The summed E-state index contributed by atoms with van der Waals surface area (Å²) in [5.41, 5.74) is 0.506. The van der Waals surface area contributed by atoms with E-state index >= 15 is 0 Å². The molecule has 0 aliphatic heterocycles. The third-order valence-corrected chi connectivity index (χ3v) is 2.58. The van der Waals surface area contributed by atoms with Gasteiger partial charge in [0.25, 0.3) is 0 Å². The standard InChI is InChI=1S/C13H13N3O3/c1-9-5-3-6-10(13(9)16(17)18)19-12-8-4-7-11(14-2)15-12/h3-8H,1-2H3,(H,14,15). The van der Waals surface area contributed by atoms with Crippen LogP contribution in [0.3, 0.4) is 0 Å². The van der Waals surface area contributed by atoms with Crippen LogP contribution in [0.4, 0.5) is 11.5 Å². The van der Waals surface area contributed by atoms with Crippen LogP contribution in [0.5, 0.6) is 11.6 Å². The summed E-state index contributed by atoms with van der Waals surface area (Å²) in [6.45, 7) is 1.67. The van der Waals surface area contributed by atoms with Gasteiger partial charge in [0.15, 0.2) is 0 Å². The van der Waals surface area contributed by atoms with Crippen LogP contribution in [0.1, 0.15) is 5.56 Å². The van der Waals surface area contributed by atoms with Gasteiger partial charge in [-0.3, -0.25) is 10.1 Å². The zero-order valence-corrected chi connectivity index (χ0v) is 10.6. The highest BCUT2D eigenvalue weighted by atomic mass is 16.6. The molecule has 0 aliphatic rings. The van der Waals surface area contributed by atoms with Crippen LogP contribution in [-0.4, -0.2) is 17.0 Å². The van der Waals surface area contributed by atoms with E-state index in [1.165, 1.54) is 0 Å². The molecule has 0 unspecified atom stereocenters. The monoisotopic (exact) mass is 259 g/mol. The fourth-order valence-corrected chi connectivity index (χ4v) is 1.67. The molecule has 0 radical (unpaired) electrons. The first-order valence-electron chi connectivity index (χ1n) is 5.68. The van der Waals surface area contributed by atoms with Crippen LogP contribution >= 0.6 is 0 Å². The number of benzene rings is 1. The number of para-hydroxylation sites is 1. The SMILES string of the molecule is CNc1cccc(Oc2cccc(C)c2[N+](=O)[O-])n1. The Bertz CT molecular complexity index is 614. The lowest BCUT2D eigenvalue weighted by Gasteiger charge is -2.07. The molecule has 0 atom stereocenters. The molecule has 1 aromatic carbocycles. The number of anilines is 1. The summed E-state index contributed by atoms with van der Waals surface area (Å²) in [5.74, 6) is 1.12. The predicted octanol–water partition coefficient (Wildman–Crippen LogP) is 3.13. The van der Waals surface area contributed by atoms with Crippen molar-refractivity contribution < 1.29 is 9.66 Å². The van der Waals surface area contributed by atoms with Gasteiger partial charge in [-0.25, -0.2) is 0 Å². The fraction of sp³-hybridized carbons (Fsp3) is 0.154. The Labute approximate surface area is 110 Å². The molecule has 0 saturated carbocycles. The minimum atomic E-state index is -0.452. The molecule has 2 rings (SSSR count). The van der Waals surface area contributed by atoms with Crippen molar-refractivity contribution in [1.82, 2.24) is 4.98 Å². The van der Waals surface area contributed by atoms with E-state index in [9.17, 15) is 10.1 Å². The second kappa shape index (κ2) is 5.34. The van der Waals surface area contributed by atoms with Crippen LogP contribution in [0.15, 0.2) is 36.4 Å². The van der Waals surface area contributed by atoms with Gasteiger partial charge < -0.3 is 10.1 Å². The Hall–Kier alpha value is -2.63. The van der Waals surface area contributed by atoms with Crippen LogP contribution < -0.4 is 10.1 Å². The second-order valence-corrected chi connectivity index (χ2v) is 3.89. The molecule has 2 aromatic rings. The number of hydrogen-bond acceptors (Lipinski definition) is 5. The number of nitro groups is 1. The van der Waals surface area contributed by atoms with Gasteiger partial charge in [0.1, 0.15) is 5.82 Å². The van der Waals surface area contributed by atoms with Crippen LogP contribution in [-0.2, 0) is 0 Å². The number of rotatable bonds is 4. The second-order valence-electron chi connectivity index (χ2n) is 3.89. The number of pyridine rings is 1. The summed E-state index contributed by atoms with van der Waals surface area (Å²) in [5, 5.41) is 13.9. The normalized spacial score (nSPS) is 10.0. The molecule has 0 bridgehead atoms. The van der Waals surface area contributed by atoms with Crippen molar-refractivity contribution in [3.63, 3.8) is 0 Å². The van der Waals surface area contributed by atoms with Crippen molar-refractivity contribution in [3.8, 4) is 11.6 Å². The summed E-state index contributed by atoms with van der Waals surface area (Å²) in [6, 6.07) is 10.1. The molecule has 0 saturated heterocycles. The van der Waals surface area contributed by atoms with Gasteiger partial charge in [0, 0.05) is 18.7 Å². The molecule has 0 fully saturated rings. The first-order chi connectivity index (χ1) is 9.11. The molecular formula is C13H13N3O3. The Kier molecular flexibility index (Phi) is 3.61. The molecule has 0 spiro atoms. The van der Waals surface area contributed by atoms with E-state index in [0.717, 1.165) is 0 Å². The maximum atomic E-state index is 11.0. The summed E-state index contributed by atoms with van der Waals surface area (Å²) < 4.78 is 5.50. The minimum Gasteiger partial charge on any atom is -0.432 e. The van der Waals surface area contributed by atoms with Crippen molar-refractivity contribution in [2.45, 2.75) is 6.92 Å². The quantitative estimate of drug-likeness (QED) is 0.674. The van der Waals surface area contributed by atoms with Gasteiger partial charge in [-0.2, -0.15) is 4.98 Å². The summed E-state index contributed by atoms with van der Waals surface area (Å²) in [6.07, 6.45) is 0. The highest BCUT2D eigenvalue weighted by Crippen LogP contribution is 2.33. The maximum absolute atomic E-state index is 11.0. The topological polar surface area (TPSA) is 77.3 Å². The van der Waals surface area contributed by atoms with E-state index in [1.807, 2.05) is 0 Å². The number of ether oxygens (including phenoxy) is 1. The lowest BCUT2D eigenvalue weighted by molar-refractivity contribution is -0.386. The Balaban J connectivity index is 2.38. The van der Waals surface area contributed by atoms with E-state index < -0.39 is 4.92 Å². The molecule has 6 heteroatoms. The molecule has 1 N–H and O–H groups in total. The molecule has 98 valence electrons. The largest absolute Gasteiger partial charge is 0.432 e. The van der Waals surface area contributed by atoms with Gasteiger partial charge in [-0.15, -0.1) is 0 Å². The van der Waals surface area contributed by atoms with Crippen LogP contribution in [0.25, 0.3) is 0 Å². The van der Waals surface area contributed by atoms with Crippen LogP contribution in [0.2, 0.25) is 0 Å². The highest BCUT2D eigenvalue weighted by Gasteiger charge is 2.19. The lowest BCUT2D eigenvalue weighted by atomic mass is 10.2. The number of aryl methyl sites for hydroxylation is 1. The van der Waals surface area contributed by atoms with Crippen molar-refractivity contribution in [1.29, 1.82) is 0 Å². The number of nitrogens with zero attached hydrogens (tertiary/aromatic N) is 2. The van der Waals surface area contributed by atoms with E-state index in [4.69, 9.17) is 4.74 Å². The lowest BCUT2D eigenvalue weighted by Crippen LogP contribution is -1.98. The average molecular weight is 259 g/mol. The van der Waals surface area contributed by atoms with E-state index in [1.54, 1.807) is 50.4 Å². The highest BCUT2D eigenvalue weighted by molar-refractivity contribution is 5.53. The molecule has 1 aromatic heterocycles. The molecule has 6 nitrogen and oxygen atoms in total. The number of nitro benzene ring substituents is 1. The van der Waals surface area contributed by atoms with Gasteiger partial charge in [0.2, 0.25) is 11.6 Å². The van der Waals surface area contributed by atoms with E-state index in [2.05, 4.69) is 10.3 Å². The predicted molar refractivity (Wildman–Crippen MR) is 71.7 cm³/mol. The molecule has 0 aliphatic carbocycles. The molecular weight excluding hydrogens is 246 g/mol. The Morgan fingerprint density at radius 3 is 2.68 bits per heavy atom. The van der Waals surface area contributed by atoms with E-state index in [-0.39, 0.29) is 11.4 Å². The average Bonchev–Trinajstić information content (AvgIpc) is 2.38. The first-order valence-corrected chi connectivity index (χ1v) is 5.68. The van der Waals surface area contributed by atoms with Crippen LogP contribution in [0, 0.1) is 17.0 Å². The third-order valence-electron chi connectivity index (χ3n) is 2.58. The van der Waals surface area contributed by atoms with Crippen molar-refractivity contribution >= 4 is 11.5 Å². The maximum Gasteiger partial charge on any atom is 0.314 e.